The first-order valence-corrected chi connectivity index (χ1v) is 7.03. The Balaban J connectivity index is 4.38. The van der Waals surface area contributed by atoms with Crippen LogP contribution in [0.4, 0.5) is 4.79 Å². The predicted octanol–water partition coefficient (Wildman–Crippen LogP) is 1.61. The van der Waals surface area contributed by atoms with E-state index in [4.69, 9.17) is 5.11 Å². The highest BCUT2D eigenvalue weighted by Crippen LogP contribution is 2.13. The molecular weight excluding hydrogens is 258 g/mol. The molecule has 0 fully saturated rings. The first-order valence-electron chi connectivity index (χ1n) is 7.03. The van der Waals surface area contributed by atoms with Crippen molar-refractivity contribution >= 4 is 12.0 Å². The number of carbonyl (C=O) groups excluding carboxylic acids is 1. The maximum absolute atomic E-state index is 12.2. The summed E-state index contributed by atoms with van der Waals surface area (Å²) >= 11 is 0. The van der Waals surface area contributed by atoms with Crippen molar-refractivity contribution in [3.8, 4) is 0 Å². The van der Waals surface area contributed by atoms with Gasteiger partial charge in [0.15, 0.2) is 0 Å². The summed E-state index contributed by atoms with van der Waals surface area (Å²) < 4.78 is 0. The van der Waals surface area contributed by atoms with Gasteiger partial charge in [0, 0.05) is 31.2 Å². The third-order valence-corrected chi connectivity index (χ3v) is 3.23. The zero-order valence-electron chi connectivity index (χ0n) is 13.6. The smallest absolute Gasteiger partial charge is 0.317 e. The van der Waals surface area contributed by atoms with Crippen LogP contribution < -0.4 is 5.32 Å². The molecule has 0 aliphatic carbocycles. The van der Waals surface area contributed by atoms with E-state index in [2.05, 4.69) is 24.1 Å². The molecule has 0 aliphatic heterocycles. The second kappa shape index (κ2) is 8.09. The van der Waals surface area contributed by atoms with E-state index in [1.807, 2.05) is 27.8 Å². The number of hydrogen-bond acceptors (Lipinski definition) is 3. The fourth-order valence-electron chi connectivity index (χ4n) is 1.64. The Bertz CT molecular complexity index is 324. The second-order valence-corrected chi connectivity index (χ2v) is 6.27. The van der Waals surface area contributed by atoms with Gasteiger partial charge in [0.2, 0.25) is 0 Å². The van der Waals surface area contributed by atoms with Gasteiger partial charge in [-0.2, -0.15) is 0 Å². The van der Waals surface area contributed by atoms with Crippen LogP contribution in [-0.2, 0) is 4.79 Å². The lowest BCUT2D eigenvalue weighted by molar-refractivity contribution is -0.137. The number of urea groups is 1. The summed E-state index contributed by atoms with van der Waals surface area (Å²) in [5, 5.41) is 11.6. The van der Waals surface area contributed by atoms with Gasteiger partial charge in [-0.1, -0.05) is 0 Å². The van der Waals surface area contributed by atoms with Crippen LogP contribution in [0.3, 0.4) is 0 Å². The molecule has 0 saturated heterocycles. The van der Waals surface area contributed by atoms with Crippen molar-refractivity contribution < 1.29 is 14.7 Å². The third kappa shape index (κ3) is 7.33. The van der Waals surface area contributed by atoms with Gasteiger partial charge in [0.1, 0.15) is 0 Å². The van der Waals surface area contributed by atoms with Crippen LogP contribution in [-0.4, -0.2) is 65.2 Å². The number of nitrogens with zero attached hydrogens (tertiary/aromatic N) is 2. The number of hydrogen-bond donors (Lipinski definition) is 2. The lowest BCUT2D eigenvalue weighted by Gasteiger charge is -2.35. The second-order valence-electron chi connectivity index (χ2n) is 6.27. The number of carbonyl (C=O) groups is 2. The Morgan fingerprint density at radius 1 is 1.20 bits per heavy atom. The number of aliphatic carboxylic acids is 1. The fraction of sp³-hybridized carbons (Fsp3) is 0.857. The zero-order chi connectivity index (χ0) is 15.9. The van der Waals surface area contributed by atoms with E-state index in [1.165, 1.54) is 0 Å². The standard InChI is InChI=1S/C14H29N3O3/c1-11(2)16(6)10-8-15-13(20)17(14(3,4)5)9-7-12(18)19/h11H,7-10H2,1-6H3,(H,15,20)(H,18,19). The lowest BCUT2D eigenvalue weighted by Crippen LogP contribution is -2.52. The number of rotatable bonds is 7. The minimum atomic E-state index is -0.897. The predicted molar refractivity (Wildman–Crippen MR) is 79.9 cm³/mol. The molecule has 0 aromatic rings. The molecule has 0 bridgehead atoms. The Hall–Kier alpha value is -1.30. The van der Waals surface area contributed by atoms with Crippen LogP contribution in [0.1, 0.15) is 41.0 Å². The highest BCUT2D eigenvalue weighted by Gasteiger charge is 2.26. The Morgan fingerprint density at radius 3 is 2.15 bits per heavy atom. The van der Waals surface area contributed by atoms with Crippen molar-refractivity contribution in [1.29, 1.82) is 0 Å². The van der Waals surface area contributed by atoms with Crippen LogP contribution in [0.5, 0.6) is 0 Å². The SMILES string of the molecule is CC(C)N(C)CCNC(=O)N(CCC(=O)O)C(C)(C)C. The first-order chi connectivity index (χ1) is 9.05. The topological polar surface area (TPSA) is 72.9 Å². The summed E-state index contributed by atoms with van der Waals surface area (Å²) in [6.07, 6.45) is -0.0451. The lowest BCUT2D eigenvalue weighted by atomic mass is 10.1. The van der Waals surface area contributed by atoms with Crippen LogP contribution in [0.2, 0.25) is 0 Å². The third-order valence-electron chi connectivity index (χ3n) is 3.23. The molecule has 0 atom stereocenters. The van der Waals surface area contributed by atoms with Gasteiger partial charge in [0.05, 0.1) is 6.42 Å². The maximum Gasteiger partial charge on any atom is 0.317 e. The summed E-state index contributed by atoms with van der Waals surface area (Å²) in [4.78, 5) is 26.5. The molecule has 6 heteroatoms. The Morgan fingerprint density at radius 2 is 1.75 bits per heavy atom. The van der Waals surface area contributed by atoms with Gasteiger partial charge < -0.3 is 20.2 Å². The number of nitrogens with one attached hydrogen (secondary N) is 1. The molecule has 0 unspecified atom stereocenters. The van der Waals surface area contributed by atoms with E-state index in [0.717, 1.165) is 6.54 Å². The number of likely N-dealkylation sites (N-methyl/N-ethyl adjacent to an activating group) is 1. The molecule has 2 amide bonds. The van der Waals surface area contributed by atoms with Crippen molar-refractivity contribution in [2.24, 2.45) is 0 Å². The summed E-state index contributed by atoms with van der Waals surface area (Å²) in [5.74, 6) is -0.897. The van der Waals surface area contributed by atoms with Crippen LogP contribution in [0, 0.1) is 0 Å². The van der Waals surface area contributed by atoms with Crippen molar-refractivity contribution in [3.63, 3.8) is 0 Å². The highest BCUT2D eigenvalue weighted by molar-refractivity contribution is 5.76. The molecule has 0 radical (unpaired) electrons. The molecule has 0 saturated carbocycles. The van der Waals surface area contributed by atoms with Crippen LogP contribution in [0.15, 0.2) is 0 Å². The molecule has 118 valence electrons. The van der Waals surface area contributed by atoms with E-state index in [-0.39, 0.29) is 19.0 Å². The Kier molecular flexibility index (Phi) is 7.57. The van der Waals surface area contributed by atoms with E-state index in [9.17, 15) is 9.59 Å². The molecule has 2 N–H and O–H groups in total. The average Bonchev–Trinajstić information content (AvgIpc) is 2.26. The quantitative estimate of drug-likeness (QED) is 0.746. The van der Waals surface area contributed by atoms with E-state index >= 15 is 0 Å². The molecule has 6 nitrogen and oxygen atoms in total. The van der Waals surface area contributed by atoms with Crippen LogP contribution >= 0.6 is 0 Å². The van der Waals surface area contributed by atoms with Gasteiger partial charge in [-0.3, -0.25) is 4.79 Å². The number of carboxylic acid groups (broad SMARTS) is 1. The fourth-order valence-corrected chi connectivity index (χ4v) is 1.64. The molecule has 0 heterocycles. The van der Waals surface area contributed by atoms with Gasteiger partial charge in [0.25, 0.3) is 0 Å². The minimum absolute atomic E-state index is 0.0451. The van der Waals surface area contributed by atoms with Crippen molar-refractivity contribution in [3.05, 3.63) is 0 Å². The molecule has 0 aromatic heterocycles. The summed E-state index contributed by atoms with van der Waals surface area (Å²) in [7, 11) is 2.00. The molecular formula is C14H29N3O3. The summed E-state index contributed by atoms with van der Waals surface area (Å²) in [5.41, 5.74) is -0.399. The average molecular weight is 287 g/mol. The van der Waals surface area contributed by atoms with Crippen molar-refractivity contribution in [2.75, 3.05) is 26.7 Å². The van der Waals surface area contributed by atoms with Gasteiger partial charge in [-0.15, -0.1) is 0 Å². The molecule has 0 aliphatic rings. The summed E-state index contributed by atoms with van der Waals surface area (Å²) in [6.45, 7) is 11.4. The molecule has 0 spiro atoms. The summed E-state index contributed by atoms with van der Waals surface area (Å²) in [6, 6.07) is 0.216. The monoisotopic (exact) mass is 287 g/mol. The highest BCUT2D eigenvalue weighted by atomic mass is 16.4. The first kappa shape index (κ1) is 18.7. The maximum atomic E-state index is 12.2. The molecule has 20 heavy (non-hydrogen) atoms. The largest absolute Gasteiger partial charge is 0.481 e. The van der Waals surface area contributed by atoms with Gasteiger partial charge in [-0.05, 0) is 41.7 Å². The van der Waals surface area contributed by atoms with E-state index in [1.54, 1.807) is 4.90 Å². The van der Waals surface area contributed by atoms with E-state index in [0.29, 0.717) is 12.6 Å². The van der Waals surface area contributed by atoms with Crippen LogP contribution in [0.25, 0.3) is 0 Å². The normalized spacial score (nSPS) is 11.8. The Labute approximate surface area is 122 Å². The number of carboxylic acids is 1. The van der Waals surface area contributed by atoms with Crippen molar-refractivity contribution in [1.82, 2.24) is 15.1 Å². The minimum Gasteiger partial charge on any atom is -0.481 e. The van der Waals surface area contributed by atoms with Gasteiger partial charge in [-0.25, -0.2) is 4.79 Å². The molecule has 0 aromatic carbocycles. The van der Waals surface area contributed by atoms with Gasteiger partial charge >= 0.3 is 12.0 Å². The van der Waals surface area contributed by atoms with Crippen molar-refractivity contribution in [2.45, 2.75) is 52.6 Å². The zero-order valence-corrected chi connectivity index (χ0v) is 13.6. The molecule has 0 rings (SSSR count). The van der Waals surface area contributed by atoms with E-state index < -0.39 is 11.5 Å². The number of amides is 2.